The molecule has 0 aromatic carbocycles. The summed E-state index contributed by atoms with van der Waals surface area (Å²) in [5, 5.41) is 0. The van der Waals surface area contributed by atoms with Crippen molar-refractivity contribution in [1.82, 2.24) is 0 Å². The summed E-state index contributed by atoms with van der Waals surface area (Å²) in [7, 11) is 0. The molecular weight excluding hydrogens is 499 g/mol. The van der Waals surface area contributed by atoms with Crippen LogP contribution in [-0.2, 0) is 17.4 Å². The molecule has 0 saturated heterocycles. The summed E-state index contributed by atoms with van der Waals surface area (Å²) in [4.78, 5) is 49.5. The van der Waals surface area contributed by atoms with E-state index in [4.69, 9.17) is 28.8 Å². The van der Waals surface area contributed by atoms with Gasteiger partial charge >= 0.3 is 53.2 Å². The van der Waals surface area contributed by atoms with Crippen LogP contribution in [0.4, 0.5) is 39.5 Å². The molecule has 0 atom stereocenters. The minimum absolute atomic E-state index is 0. The molecule has 0 aliphatic heterocycles. The van der Waals surface area contributed by atoms with Gasteiger partial charge in [-0.15, -0.1) is 0 Å². The van der Waals surface area contributed by atoms with Crippen LogP contribution >= 0.6 is 0 Å². The Morgan fingerprint density at radius 3 is 0.613 bits per heavy atom. The van der Waals surface area contributed by atoms with E-state index in [2.05, 4.69) is 0 Å². The molecule has 6 nitrogen and oxygen atoms in total. The zero-order chi connectivity index (χ0) is 25.1. The predicted molar refractivity (Wildman–Crippen MR) is 90.7 cm³/mol. The molecule has 0 aromatic heterocycles. The van der Waals surface area contributed by atoms with Gasteiger partial charge in [0.05, 0.1) is 0 Å². The molecule has 0 aliphatic rings. The maximum Gasteiger partial charge on any atom is 0.505 e. The molecule has 0 unspecified atom stereocenters. The number of carbonyl (C=O) groups excluding carboxylic acids is 6. The molecule has 0 amide bonds. The zero-order valence-corrected chi connectivity index (χ0v) is 17.4. The third-order valence-electron chi connectivity index (χ3n) is 2.25. The summed E-state index contributed by atoms with van der Waals surface area (Å²) in [6.07, 6.45) is -16.6. The van der Waals surface area contributed by atoms with Crippen LogP contribution in [0.1, 0.15) is 40.0 Å². The van der Waals surface area contributed by atoms with Crippen molar-refractivity contribution in [2.75, 3.05) is 0 Å². The van der Waals surface area contributed by atoms with Gasteiger partial charge in [0.25, 0.3) is 0 Å². The van der Waals surface area contributed by atoms with Gasteiger partial charge < -0.3 is 0 Å². The molecule has 0 rings (SSSR count). The Hall–Kier alpha value is -2.08. The minimum Gasteiger partial charge on any atom is -0.283 e. The Kier molecular flexibility index (Phi) is 17.4. The van der Waals surface area contributed by atoms with Crippen LogP contribution in [0.5, 0.6) is 0 Å². The van der Waals surface area contributed by atoms with Gasteiger partial charge in [-0.1, -0.05) is 0 Å². The summed E-state index contributed by atoms with van der Waals surface area (Å²) < 4.78 is 103. The molecule has 0 bridgehead atoms. The summed E-state index contributed by atoms with van der Waals surface area (Å²) in [6, 6.07) is 0. The van der Waals surface area contributed by atoms with Crippen molar-refractivity contribution in [3.8, 4) is 0 Å². The van der Waals surface area contributed by atoms with E-state index in [0.717, 1.165) is 20.8 Å². The normalized spacial score (nSPS) is 10.8. The molecule has 0 spiro atoms. The van der Waals surface area contributed by atoms with Gasteiger partial charge in [-0.25, -0.2) is 0 Å². The van der Waals surface area contributed by atoms with Gasteiger partial charge in [-0.2, -0.15) is 39.5 Å². The fourth-order valence-corrected chi connectivity index (χ4v) is 1.03. The summed E-state index contributed by atoms with van der Waals surface area (Å²) in [5.41, 5.74) is 0. The average molecular weight is 520 g/mol. The first kappa shape index (κ1) is 36.3. The second kappa shape index (κ2) is 14.8. The molecule has 0 aromatic rings. The van der Waals surface area contributed by atoms with Crippen LogP contribution in [0.25, 0.3) is 0 Å². The smallest absolute Gasteiger partial charge is 0.283 e. The van der Waals surface area contributed by atoms with E-state index in [-0.39, 0.29) is 17.4 Å². The first-order chi connectivity index (χ1) is 13.0. The Bertz CT molecular complexity index is 573. The molecule has 0 fully saturated rings. The van der Waals surface area contributed by atoms with Crippen LogP contribution in [0, 0.1) is 0 Å². The van der Waals surface area contributed by atoms with Gasteiger partial charge in [0.15, 0.2) is 19.3 Å². The second-order valence-corrected chi connectivity index (χ2v) is 5.57. The van der Waals surface area contributed by atoms with Crippen molar-refractivity contribution in [2.45, 2.75) is 58.6 Å². The third kappa shape index (κ3) is 24.1. The Labute approximate surface area is 179 Å². The van der Waals surface area contributed by atoms with E-state index in [9.17, 15) is 39.5 Å². The van der Waals surface area contributed by atoms with Gasteiger partial charge in [0.1, 0.15) is 0 Å². The molecular formula is C15H21CrF9O6+6. The summed E-state index contributed by atoms with van der Waals surface area (Å²) >= 11 is 0. The summed E-state index contributed by atoms with van der Waals surface area (Å²) in [6.45, 7) is 3.26. The number of alkyl halides is 9. The first-order valence-corrected chi connectivity index (χ1v) is 7.41. The summed E-state index contributed by atoms with van der Waals surface area (Å²) in [5.74, 6) is -6.41. The Morgan fingerprint density at radius 1 is 0.452 bits per heavy atom. The minimum atomic E-state index is -4.72. The van der Waals surface area contributed by atoms with Crippen LogP contribution in [-0.4, -0.2) is 82.0 Å². The van der Waals surface area contributed by atoms with Crippen molar-refractivity contribution >= 4 is 34.7 Å². The predicted octanol–water partition coefficient (Wildman–Crippen LogP) is 3.14. The SMILES string of the molecule is CC(=[OH+])CC(=[OH+])C(F)(F)F.CC(=[OH+])CC(=[OH+])C(F)(F)F.CC(=[OH+])CC(=[OH+])C(F)(F)F.[Cr]. The number of halogens is 9. The van der Waals surface area contributed by atoms with E-state index < -0.39 is 72.5 Å². The van der Waals surface area contributed by atoms with E-state index in [0.29, 0.717) is 0 Å². The van der Waals surface area contributed by atoms with Crippen molar-refractivity contribution in [3.05, 3.63) is 0 Å². The maximum absolute atomic E-state index is 11.4. The van der Waals surface area contributed by atoms with Crippen LogP contribution in [0.2, 0.25) is 0 Å². The van der Waals surface area contributed by atoms with Crippen LogP contribution in [0.3, 0.4) is 0 Å². The van der Waals surface area contributed by atoms with Gasteiger partial charge in [-0.3, -0.25) is 28.8 Å². The van der Waals surface area contributed by atoms with E-state index in [1.54, 1.807) is 0 Å². The first-order valence-electron chi connectivity index (χ1n) is 7.41. The van der Waals surface area contributed by atoms with Gasteiger partial charge in [0.2, 0.25) is 0 Å². The van der Waals surface area contributed by atoms with Crippen LogP contribution in [0.15, 0.2) is 0 Å². The van der Waals surface area contributed by atoms with Gasteiger partial charge in [0, 0.05) is 38.1 Å². The van der Waals surface area contributed by atoms with Crippen LogP contribution < -0.4 is 0 Å². The molecule has 16 heteroatoms. The topological polar surface area (TPSA) is 128 Å². The standard InChI is InChI=1S/3C5H5F3O2.Cr/c3*1-3(9)2-4(10)5(6,7)8;/h3*2H2,1H3;/p+6. The largest absolute Gasteiger partial charge is 0.505 e. The molecule has 6 N–H and O–H groups in total. The molecule has 180 valence electrons. The number of hydrogen-bond donors (Lipinski definition) is 0. The molecule has 0 radical (unpaired) electrons. The quantitative estimate of drug-likeness (QED) is 0.290. The Balaban J connectivity index is -0.000000174. The maximum atomic E-state index is 11.4. The molecule has 0 saturated carbocycles. The molecule has 0 heterocycles. The Morgan fingerprint density at radius 2 is 0.581 bits per heavy atom. The molecule has 0 aliphatic carbocycles. The third-order valence-corrected chi connectivity index (χ3v) is 2.25. The molecule has 31 heavy (non-hydrogen) atoms. The van der Waals surface area contributed by atoms with E-state index in [1.165, 1.54) is 0 Å². The monoisotopic (exact) mass is 520 g/mol. The van der Waals surface area contributed by atoms with E-state index in [1.807, 2.05) is 0 Å². The number of ketones is 6. The van der Waals surface area contributed by atoms with Crippen molar-refractivity contribution in [1.29, 1.82) is 0 Å². The fourth-order valence-electron chi connectivity index (χ4n) is 1.03. The van der Waals surface area contributed by atoms with Crippen molar-refractivity contribution < 1.29 is 85.6 Å². The average Bonchev–Trinajstić information content (AvgIpc) is 2.43. The van der Waals surface area contributed by atoms with Gasteiger partial charge in [-0.05, 0) is 0 Å². The fraction of sp³-hybridized carbons (Fsp3) is 0.600. The number of rotatable bonds is 6. The zero-order valence-electron chi connectivity index (χ0n) is 16.1. The van der Waals surface area contributed by atoms with Crippen molar-refractivity contribution in [2.24, 2.45) is 0 Å². The number of hydrogen-bond acceptors (Lipinski definition) is 0. The van der Waals surface area contributed by atoms with Crippen molar-refractivity contribution in [3.63, 3.8) is 0 Å². The second-order valence-electron chi connectivity index (χ2n) is 5.57. The van der Waals surface area contributed by atoms with E-state index >= 15 is 0 Å².